The topological polar surface area (TPSA) is 69.7 Å². The van der Waals surface area contributed by atoms with Crippen LogP contribution in [0.4, 0.5) is 0 Å². The van der Waals surface area contributed by atoms with Crippen LogP contribution in [0.25, 0.3) is 21.9 Å². The highest BCUT2D eigenvalue weighted by Gasteiger charge is 2.10. The molecule has 5 nitrogen and oxygen atoms in total. The Morgan fingerprint density at radius 1 is 0.786 bits per heavy atom. The molecule has 0 fully saturated rings. The van der Waals surface area contributed by atoms with E-state index >= 15 is 0 Å². The van der Waals surface area contributed by atoms with Gasteiger partial charge < -0.3 is 13.6 Å². The quantitative estimate of drug-likeness (QED) is 0.485. The molecule has 0 saturated heterocycles. The van der Waals surface area contributed by atoms with Crippen LogP contribution in [0.15, 0.2) is 60.9 Å². The fourth-order valence-corrected chi connectivity index (χ4v) is 3.36. The van der Waals surface area contributed by atoms with E-state index in [-0.39, 0.29) is 12.2 Å². The number of benzene rings is 2. The predicted octanol–water partition coefficient (Wildman–Crippen LogP) is 4.66. The summed E-state index contributed by atoms with van der Waals surface area (Å²) < 4.78 is 16.5. The van der Waals surface area contributed by atoms with Gasteiger partial charge >= 0.3 is 11.3 Å². The fraction of sp³-hybridized carbons (Fsp3) is 0.217. The molecule has 28 heavy (non-hydrogen) atoms. The van der Waals surface area contributed by atoms with Gasteiger partial charge in [0, 0.05) is 34.5 Å². The Morgan fingerprint density at radius 3 is 2.14 bits per heavy atom. The Kier molecular flexibility index (Phi) is 4.51. The Bertz CT molecular complexity index is 1310. The van der Waals surface area contributed by atoms with Crippen molar-refractivity contribution in [2.24, 2.45) is 0 Å². The number of fused-ring (bicyclic) bond motifs is 2. The SMILES string of the molecule is CCc1cc(=O)oc2cc(OCc3cc(=O)oc4cc(C)c(C)cc34)ccc12. The van der Waals surface area contributed by atoms with Crippen molar-refractivity contribution in [2.45, 2.75) is 33.8 Å². The summed E-state index contributed by atoms with van der Waals surface area (Å²) in [6, 6.07) is 12.3. The van der Waals surface area contributed by atoms with Gasteiger partial charge in [-0.2, -0.15) is 0 Å². The molecule has 5 heteroatoms. The van der Waals surface area contributed by atoms with Gasteiger partial charge in [-0.3, -0.25) is 0 Å². The Hall–Kier alpha value is -3.34. The number of hydrogen-bond donors (Lipinski definition) is 0. The van der Waals surface area contributed by atoms with Crippen molar-refractivity contribution in [1.82, 2.24) is 0 Å². The highest BCUT2D eigenvalue weighted by molar-refractivity contribution is 5.82. The second kappa shape index (κ2) is 7.00. The number of aryl methyl sites for hydroxylation is 3. The third-order valence-electron chi connectivity index (χ3n) is 5.02. The van der Waals surface area contributed by atoms with E-state index in [4.69, 9.17) is 13.6 Å². The molecular weight excluding hydrogens is 356 g/mol. The zero-order valence-electron chi connectivity index (χ0n) is 16.0. The molecule has 0 aliphatic carbocycles. The summed E-state index contributed by atoms with van der Waals surface area (Å²) in [4.78, 5) is 23.7. The van der Waals surface area contributed by atoms with Crippen molar-refractivity contribution >= 4 is 21.9 Å². The van der Waals surface area contributed by atoms with E-state index in [0.717, 1.165) is 39.4 Å². The highest BCUT2D eigenvalue weighted by atomic mass is 16.5. The van der Waals surface area contributed by atoms with Gasteiger partial charge in [0.25, 0.3) is 0 Å². The number of ether oxygens (including phenoxy) is 1. The van der Waals surface area contributed by atoms with Crippen LogP contribution in [-0.4, -0.2) is 0 Å². The van der Waals surface area contributed by atoms with Crippen LogP contribution in [0.2, 0.25) is 0 Å². The maximum atomic E-state index is 11.9. The van der Waals surface area contributed by atoms with E-state index in [1.54, 1.807) is 6.07 Å². The van der Waals surface area contributed by atoms with Crippen LogP contribution in [0, 0.1) is 13.8 Å². The first-order valence-corrected chi connectivity index (χ1v) is 9.18. The second-order valence-electron chi connectivity index (χ2n) is 6.91. The van der Waals surface area contributed by atoms with Gasteiger partial charge in [0.05, 0.1) is 0 Å². The molecular formula is C23H20O5. The third-order valence-corrected chi connectivity index (χ3v) is 5.02. The van der Waals surface area contributed by atoms with Crippen molar-refractivity contribution < 1.29 is 13.6 Å². The van der Waals surface area contributed by atoms with E-state index < -0.39 is 5.63 Å². The summed E-state index contributed by atoms with van der Waals surface area (Å²) in [6.45, 7) is 6.19. The van der Waals surface area contributed by atoms with Crippen LogP contribution < -0.4 is 16.0 Å². The lowest BCUT2D eigenvalue weighted by atomic mass is 10.0. The Morgan fingerprint density at radius 2 is 1.43 bits per heavy atom. The molecule has 0 unspecified atom stereocenters. The van der Waals surface area contributed by atoms with Crippen LogP contribution >= 0.6 is 0 Å². The molecule has 0 aliphatic rings. The lowest BCUT2D eigenvalue weighted by Gasteiger charge is -2.11. The summed E-state index contributed by atoms with van der Waals surface area (Å²) in [5, 5.41) is 1.75. The Balaban J connectivity index is 1.70. The van der Waals surface area contributed by atoms with Gasteiger partial charge in [-0.25, -0.2) is 9.59 Å². The summed E-state index contributed by atoms with van der Waals surface area (Å²) in [6.07, 6.45) is 0.743. The average molecular weight is 376 g/mol. The zero-order valence-corrected chi connectivity index (χ0v) is 16.0. The monoisotopic (exact) mass is 376 g/mol. The molecule has 4 rings (SSSR count). The van der Waals surface area contributed by atoms with Gasteiger partial charge in [-0.15, -0.1) is 0 Å². The minimum absolute atomic E-state index is 0.202. The highest BCUT2D eigenvalue weighted by Crippen LogP contribution is 2.26. The molecule has 0 aliphatic heterocycles. The van der Waals surface area contributed by atoms with E-state index in [9.17, 15) is 9.59 Å². The van der Waals surface area contributed by atoms with Gasteiger partial charge in [0.2, 0.25) is 0 Å². The molecule has 0 bridgehead atoms. The molecule has 4 aromatic rings. The van der Waals surface area contributed by atoms with Gasteiger partial charge in [-0.05, 0) is 61.2 Å². The Labute approximate surface area is 161 Å². The van der Waals surface area contributed by atoms with Crippen molar-refractivity contribution in [3.8, 4) is 5.75 Å². The molecule has 0 N–H and O–H groups in total. The smallest absolute Gasteiger partial charge is 0.336 e. The lowest BCUT2D eigenvalue weighted by Crippen LogP contribution is -2.05. The third kappa shape index (κ3) is 3.31. The molecule has 0 amide bonds. The van der Waals surface area contributed by atoms with Crippen molar-refractivity contribution in [3.05, 3.63) is 85.6 Å². The molecule has 0 saturated carbocycles. The maximum Gasteiger partial charge on any atom is 0.336 e. The van der Waals surface area contributed by atoms with Crippen molar-refractivity contribution in [1.29, 1.82) is 0 Å². The molecule has 0 radical (unpaired) electrons. The van der Waals surface area contributed by atoms with Crippen LogP contribution in [0.1, 0.15) is 29.2 Å². The van der Waals surface area contributed by atoms with E-state index in [1.807, 2.05) is 45.0 Å². The maximum absolute atomic E-state index is 11.9. The predicted molar refractivity (Wildman–Crippen MR) is 108 cm³/mol. The van der Waals surface area contributed by atoms with Gasteiger partial charge in [0.15, 0.2) is 0 Å². The van der Waals surface area contributed by atoms with Crippen LogP contribution in [0.3, 0.4) is 0 Å². The summed E-state index contributed by atoms with van der Waals surface area (Å²) in [7, 11) is 0. The molecule has 0 spiro atoms. The van der Waals surface area contributed by atoms with E-state index in [0.29, 0.717) is 16.9 Å². The van der Waals surface area contributed by atoms with Crippen LogP contribution in [0.5, 0.6) is 5.75 Å². The van der Waals surface area contributed by atoms with Gasteiger partial charge in [0.1, 0.15) is 23.5 Å². The fourth-order valence-electron chi connectivity index (χ4n) is 3.36. The van der Waals surface area contributed by atoms with Gasteiger partial charge in [-0.1, -0.05) is 6.92 Å². The normalized spacial score (nSPS) is 11.2. The summed E-state index contributed by atoms with van der Waals surface area (Å²) in [5.74, 6) is 0.564. The van der Waals surface area contributed by atoms with Crippen molar-refractivity contribution in [2.75, 3.05) is 0 Å². The molecule has 2 aromatic heterocycles. The minimum atomic E-state index is -0.411. The molecule has 0 atom stereocenters. The molecule has 2 aromatic carbocycles. The second-order valence-corrected chi connectivity index (χ2v) is 6.91. The van der Waals surface area contributed by atoms with Crippen LogP contribution in [-0.2, 0) is 13.0 Å². The first kappa shape index (κ1) is 18.0. The lowest BCUT2D eigenvalue weighted by molar-refractivity contribution is 0.306. The first-order valence-electron chi connectivity index (χ1n) is 9.18. The number of rotatable bonds is 4. The summed E-state index contributed by atoms with van der Waals surface area (Å²) >= 11 is 0. The molecule has 142 valence electrons. The van der Waals surface area contributed by atoms with E-state index in [2.05, 4.69) is 0 Å². The minimum Gasteiger partial charge on any atom is -0.489 e. The van der Waals surface area contributed by atoms with Crippen molar-refractivity contribution in [3.63, 3.8) is 0 Å². The molecule has 2 heterocycles. The summed E-state index contributed by atoms with van der Waals surface area (Å²) in [5.41, 5.74) is 4.11. The average Bonchev–Trinajstić information content (AvgIpc) is 2.66. The first-order chi connectivity index (χ1) is 13.4. The number of hydrogen-bond acceptors (Lipinski definition) is 5. The largest absolute Gasteiger partial charge is 0.489 e. The standard InChI is InChI=1S/C23H20O5/c1-4-15-9-22(24)28-21-11-17(5-6-18(15)21)26-12-16-10-23(25)27-20-8-14(3)13(2)7-19(16)20/h5-11H,4,12H2,1-3H3. The zero-order chi connectivity index (χ0) is 19.8. The van der Waals surface area contributed by atoms with E-state index in [1.165, 1.54) is 12.1 Å².